The van der Waals surface area contributed by atoms with Gasteiger partial charge >= 0.3 is 6.09 Å². The van der Waals surface area contributed by atoms with Crippen molar-refractivity contribution in [3.63, 3.8) is 0 Å². The minimum Gasteiger partial charge on any atom is -0.465 e. The van der Waals surface area contributed by atoms with Crippen molar-refractivity contribution in [1.82, 2.24) is 15.1 Å². The first-order chi connectivity index (χ1) is 12.0. The van der Waals surface area contributed by atoms with Gasteiger partial charge in [-0.25, -0.2) is 4.79 Å². The van der Waals surface area contributed by atoms with Gasteiger partial charge in [0.2, 0.25) is 5.91 Å². The number of fused-ring (bicyclic) bond motifs is 3. The fourth-order valence-electron chi connectivity index (χ4n) is 5.59. The van der Waals surface area contributed by atoms with Crippen LogP contribution >= 0.6 is 0 Å². The molecule has 0 aromatic rings. The van der Waals surface area contributed by atoms with Crippen molar-refractivity contribution in [1.29, 1.82) is 0 Å². The van der Waals surface area contributed by atoms with E-state index in [1.807, 2.05) is 0 Å². The number of carbonyl (C=O) groups excluding carboxylic acids is 1. The number of hydrogen-bond donors (Lipinski definition) is 2. The molecule has 4 saturated heterocycles. The summed E-state index contributed by atoms with van der Waals surface area (Å²) in [6.45, 7) is 4.77. The number of carbonyl (C=O) groups is 2. The van der Waals surface area contributed by atoms with Gasteiger partial charge < -0.3 is 20.2 Å². The molecule has 1 spiro atoms. The molecule has 0 radical (unpaired) electrons. The molecular formula is C19H31N3O3. The van der Waals surface area contributed by atoms with E-state index in [-0.39, 0.29) is 11.8 Å². The number of piperidine rings is 4. The third-order valence-electron chi connectivity index (χ3n) is 7.50. The Hall–Kier alpha value is -1.30. The summed E-state index contributed by atoms with van der Waals surface area (Å²) in [7, 11) is 0. The molecular weight excluding hydrogens is 318 g/mol. The molecule has 2 amide bonds. The molecule has 6 heteroatoms. The highest BCUT2D eigenvalue weighted by Crippen LogP contribution is 2.46. The topological polar surface area (TPSA) is 72.9 Å². The number of hydrogen-bond acceptors (Lipinski definition) is 3. The van der Waals surface area contributed by atoms with E-state index in [0.29, 0.717) is 30.5 Å². The van der Waals surface area contributed by atoms with Crippen molar-refractivity contribution in [2.75, 3.05) is 32.7 Å². The zero-order valence-corrected chi connectivity index (χ0v) is 15.1. The van der Waals surface area contributed by atoms with E-state index < -0.39 is 6.09 Å². The molecule has 2 bridgehead atoms. The first-order valence-electron chi connectivity index (χ1n) is 10.1. The van der Waals surface area contributed by atoms with E-state index in [1.165, 1.54) is 30.8 Å². The van der Waals surface area contributed by atoms with Crippen LogP contribution in [-0.4, -0.2) is 65.7 Å². The van der Waals surface area contributed by atoms with Gasteiger partial charge in [0, 0.05) is 31.6 Å². The van der Waals surface area contributed by atoms with Gasteiger partial charge in [-0.05, 0) is 75.8 Å². The Morgan fingerprint density at radius 1 is 0.920 bits per heavy atom. The lowest BCUT2D eigenvalue weighted by atomic mass is 9.65. The van der Waals surface area contributed by atoms with Crippen molar-refractivity contribution < 1.29 is 14.7 Å². The second-order valence-corrected chi connectivity index (χ2v) is 8.80. The molecule has 1 unspecified atom stereocenters. The maximum atomic E-state index is 12.7. The van der Waals surface area contributed by atoms with E-state index >= 15 is 0 Å². The number of nitrogens with one attached hydrogen (secondary N) is 1. The predicted octanol–water partition coefficient (Wildman–Crippen LogP) is 2.15. The summed E-state index contributed by atoms with van der Waals surface area (Å²) in [5.41, 5.74) is 0.290. The summed E-state index contributed by atoms with van der Waals surface area (Å²) in [5, 5.41) is 12.5. The Balaban J connectivity index is 1.26. The van der Waals surface area contributed by atoms with E-state index in [0.717, 1.165) is 45.1 Å². The van der Waals surface area contributed by atoms with Gasteiger partial charge in [-0.2, -0.15) is 0 Å². The fraction of sp³-hybridized carbons (Fsp3) is 0.895. The van der Waals surface area contributed by atoms with Gasteiger partial charge in [0.1, 0.15) is 0 Å². The highest BCUT2D eigenvalue weighted by molar-refractivity contribution is 5.79. The van der Waals surface area contributed by atoms with E-state index in [2.05, 4.69) is 10.2 Å². The van der Waals surface area contributed by atoms with Crippen molar-refractivity contribution in [3.05, 3.63) is 0 Å². The highest BCUT2D eigenvalue weighted by atomic mass is 16.4. The molecule has 140 valence electrons. The molecule has 0 aromatic carbocycles. The lowest BCUT2D eigenvalue weighted by Crippen LogP contribution is -2.58. The number of rotatable bonds is 2. The summed E-state index contributed by atoms with van der Waals surface area (Å²) in [6.07, 6.45) is 7.72. The van der Waals surface area contributed by atoms with E-state index in [9.17, 15) is 9.59 Å². The minimum absolute atomic E-state index is 0.165. The molecule has 4 aliphatic heterocycles. The standard InChI is InChI=1S/C19H31N3O3/c23-17(20-16-13-21-9-3-14(16)4-10-21)15-1-5-19(6-2-15)7-11-22(12-8-19)18(24)25/h14-16H,1-13H2,(H,20,23)(H,24,25). The normalized spacial score (nSPS) is 34.9. The maximum absolute atomic E-state index is 12.7. The van der Waals surface area contributed by atoms with Crippen LogP contribution in [0.25, 0.3) is 0 Å². The van der Waals surface area contributed by atoms with Crippen molar-refractivity contribution >= 4 is 12.0 Å². The van der Waals surface area contributed by atoms with Crippen molar-refractivity contribution in [2.24, 2.45) is 17.3 Å². The average molecular weight is 349 g/mol. The van der Waals surface area contributed by atoms with Crippen LogP contribution in [0.4, 0.5) is 4.79 Å². The van der Waals surface area contributed by atoms with Gasteiger partial charge in [-0.15, -0.1) is 0 Å². The monoisotopic (exact) mass is 349 g/mol. The molecule has 25 heavy (non-hydrogen) atoms. The number of carboxylic acid groups (broad SMARTS) is 1. The Morgan fingerprint density at radius 2 is 1.56 bits per heavy atom. The smallest absolute Gasteiger partial charge is 0.407 e. The third-order valence-corrected chi connectivity index (χ3v) is 7.50. The molecule has 1 atom stereocenters. The summed E-state index contributed by atoms with van der Waals surface area (Å²) < 4.78 is 0. The number of nitrogens with zero attached hydrogens (tertiary/aromatic N) is 2. The molecule has 5 fully saturated rings. The van der Waals surface area contributed by atoms with Gasteiger partial charge in [0.15, 0.2) is 0 Å². The predicted molar refractivity (Wildman–Crippen MR) is 94.3 cm³/mol. The molecule has 5 aliphatic rings. The Bertz CT molecular complexity index is 512. The van der Waals surface area contributed by atoms with E-state index in [1.54, 1.807) is 0 Å². The quantitative estimate of drug-likeness (QED) is 0.801. The largest absolute Gasteiger partial charge is 0.465 e. The van der Waals surface area contributed by atoms with Gasteiger partial charge in [0.05, 0.1) is 0 Å². The van der Waals surface area contributed by atoms with Crippen LogP contribution in [0, 0.1) is 17.3 Å². The van der Waals surface area contributed by atoms with E-state index in [4.69, 9.17) is 5.11 Å². The summed E-state index contributed by atoms with van der Waals surface area (Å²) in [5.74, 6) is 1.12. The molecule has 5 rings (SSSR count). The number of amides is 2. The second kappa shape index (κ2) is 6.78. The molecule has 1 saturated carbocycles. The summed E-state index contributed by atoms with van der Waals surface area (Å²) in [6, 6.07) is 0.365. The Morgan fingerprint density at radius 3 is 2.08 bits per heavy atom. The molecule has 1 aliphatic carbocycles. The van der Waals surface area contributed by atoms with Crippen LogP contribution in [0.2, 0.25) is 0 Å². The summed E-state index contributed by atoms with van der Waals surface area (Å²) in [4.78, 5) is 27.8. The van der Waals surface area contributed by atoms with Crippen LogP contribution in [-0.2, 0) is 4.79 Å². The lowest BCUT2D eigenvalue weighted by Gasteiger charge is -2.47. The number of likely N-dealkylation sites (tertiary alicyclic amines) is 1. The van der Waals surface area contributed by atoms with Gasteiger partial charge in [-0.1, -0.05) is 0 Å². The average Bonchev–Trinajstić information content (AvgIpc) is 2.64. The van der Waals surface area contributed by atoms with Crippen molar-refractivity contribution in [2.45, 2.75) is 57.4 Å². The van der Waals surface area contributed by atoms with Crippen LogP contribution in [0.15, 0.2) is 0 Å². The minimum atomic E-state index is -0.791. The van der Waals surface area contributed by atoms with Crippen LogP contribution in [0.3, 0.4) is 0 Å². The Labute approximate surface area is 149 Å². The molecule has 4 heterocycles. The lowest BCUT2D eigenvalue weighted by molar-refractivity contribution is -0.129. The van der Waals surface area contributed by atoms with Crippen molar-refractivity contribution in [3.8, 4) is 0 Å². The van der Waals surface area contributed by atoms with Crippen LogP contribution in [0.1, 0.15) is 51.4 Å². The third kappa shape index (κ3) is 3.50. The summed E-state index contributed by atoms with van der Waals surface area (Å²) >= 11 is 0. The maximum Gasteiger partial charge on any atom is 0.407 e. The van der Waals surface area contributed by atoms with Gasteiger partial charge in [-0.3, -0.25) is 4.79 Å². The molecule has 0 aromatic heterocycles. The molecule has 2 N–H and O–H groups in total. The Kier molecular flexibility index (Phi) is 4.65. The van der Waals surface area contributed by atoms with Gasteiger partial charge in [0.25, 0.3) is 0 Å². The SMILES string of the molecule is O=C(NC1CN2CCC1CC2)C1CCC2(CC1)CCN(C(=O)O)CC2. The fourth-order valence-corrected chi connectivity index (χ4v) is 5.59. The highest BCUT2D eigenvalue weighted by Gasteiger charge is 2.41. The second-order valence-electron chi connectivity index (χ2n) is 8.80. The first kappa shape index (κ1) is 17.1. The first-order valence-corrected chi connectivity index (χ1v) is 10.1. The zero-order valence-electron chi connectivity index (χ0n) is 15.1. The van der Waals surface area contributed by atoms with Crippen LogP contribution < -0.4 is 5.32 Å². The van der Waals surface area contributed by atoms with Crippen LogP contribution in [0.5, 0.6) is 0 Å². The molecule has 6 nitrogen and oxygen atoms in total. The zero-order chi connectivity index (χ0) is 17.4.